The van der Waals surface area contributed by atoms with Gasteiger partial charge in [-0.25, -0.2) is 9.78 Å². The van der Waals surface area contributed by atoms with E-state index in [4.69, 9.17) is 9.39 Å². The molecule has 1 aliphatic heterocycles. The second-order valence-electron chi connectivity index (χ2n) is 8.13. The molecule has 1 atom stereocenters. The first-order valence-corrected chi connectivity index (χ1v) is 10.5. The summed E-state index contributed by atoms with van der Waals surface area (Å²) in [6.45, 7) is 5.67. The van der Waals surface area contributed by atoms with Crippen molar-refractivity contribution in [1.29, 1.82) is 0 Å². The minimum atomic E-state index is -1.05. The lowest BCUT2D eigenvalue weighted by atomic mass is 9.75. The number of nitrogens with one attached hydrogen (secondary N) is 1. The zero-order valence-corrected chi connectivity index (χ0v) is 18.2. The predicted molar refractivity (Wildman–Crippen MR) is 119 cm³/mol. The minimum absolute atomic E-state index is 0.0445. The maximum Gasteiger partial charge on any atom is 0.492 e. The normalized spacial score (nSPS) is 13.8. The van der Waals surface area contributed by atoms with Crippen LogP contribution in [0.15, 0.2) is 42.6 Å². The van der Waals surface area contributed by atoms with Crippen LogP contribution in [0.1, 0.15) is 41.0 Å². The number of carbonyl (C=O) groups excluding carboxylic acids is 2. The number of aromatic nitrogens is 2. The van der Waals surface area contributed by atoms with Gasteiger partial charge in [-0.2, -0.15) is 0 Å². The highest BCUT2D eigenvalue weighted by atomic mass is 16.5. The van der Waals surface area contributed by atoms with E-state index in [1.165, 1.54) is 0 Å². The summed E-state index contributed by atoms with van der Waals surface area (Å²) < 4.78 is 10.7. The summed E-state index contributed by atoms with van der Waals surface area (Å²) >= 11 is 0. The van der Waals surface area contributed by atoms with E-state index in [0.29, 0.717) is 34.4 Å². The van der Waals surface area contributed by atoms with Crippen LogP contribution in [-0.4, -0.2) is 40.0 Å². The summed E-state index contributed by atoms with van der Waals surface area (Å²) in [5.41, 5.74) is 4.47. The number of rotatable bonds is 6. The van der Waals surface area contributed by atoms with Crippen LogP contribution in [-0.2, 0) is 27.4 Å². The molecular formula is C23H24BN3O5. The molecule has 1 amide bonds. The minimum Gasteiger partial charge on any atom is -0.458 e. The molecule has 3 aromatic rings. The standard InChI is InChI=1S/C23H24BN3O5/c1-13(2)21(23(29)31-12-16-10-25-18-6-4-5-7-19(18)26-16)27-22(28)17-9-8-15-11-32-24(30)20(15)14(17)3/h4-10,13,21,30H,11-12H2,1-3H3,(H,27,28). The van der Waals surface area contributed by atoms with Crippen molar-refractivity contribution in [2.45, 2.75) is 40.0 Å². The number of amides is 1. The summed E-state index contributed by atoms with van der Waals surface area (Å²) in [6, 6.07) is 10.0. The molecule has 0 fully saturated rings. The molecule has 4 rings (SSSR count). The Labute approximate surface area is 186 Å². The SMILES string of the molecule is Cc1c(C(=O)NC(C(=O)OCc2cnc3ccccc3n2)C(C)C)ccc2c1B(O)OC2. The molecule has 8 nitrogen and oxygen atoms in total. The van der Waals surface area contributed by atoms with Gasteiger partial charge >= 0.3 is 13.1 Å². The Bertz CT molecular complexity index is 1180. The number of ether oxygens (including phenoxy) is 1. The van der Waals surface area contributed by atoms with E-state index >= 15 is 0 Å². The molecule has 0 spiro atoms. The van der Waals surface area contributed by atoms with Crippen LogP contribution in [0.5, 0.6) is 0 Å². The van der Waals surface area contributed by atoms with Gasteiger partial charge in [-0.1, -0.05) is 32.0 Å². The Morgan fingerprint density at radius 1 is 1.22 bits per heavy atom. The van der Waals surface area contributed by atoms with Crippen LogP contribution in [0.4, 0.5) is 0 Å². The van der Waals surface area contributed by atoms with Crippen LogP contribution in [0.25, 0.3) is 11.0 Å². The third-order valence-electron chi connectivity index (χ3n) is 5.56. The smallest absolute Gasteiger partial charge is 0.458 e. The molecule has 0 aliphatic carbocycles. The van der Waals surface area contributed by atoms with Crippen molar-refractivity contribution in [3.05, 3.63) is 65.0 Å². The van der Waals surface area contributed by atoms with Gasteiger partial charge in [0.15, 0.2) is 0 Å². The molecule has 1 aliphatic rings. The van der Waals surface area contributed by atoms with Gasteiger partial charge in [0.25, 0.3) is 5.91 Å². The van der Waals surface area contributed by atoms with E-state index in [2.05, 4.69) is 15.3 Å². The largest absolute Gasteiger partial charge is 0.492 e. The van der Waals surface area contributed by atoms with Crippen LogP contribution in [0.2, 0.25) is 0 Å². The van der Waals surface area contributed by atoms with Gasteiger partial charge in [0.1, 0.15) is 12.6 Å². The van der Waals surface area contributed by atoms with E-state index in [1.54, 1.807) is 25.3 Å². The fourth-order valence-corrected chi connectivity index (χ4v) is 3.77. The van der Waals surface area contributed by atoms with Crippen molar-refractivity contribution < 1.29 is 24.0 Å². The van der Waals surface area contributed by atoms with E-state index in [-0.39, 0.29) is 12.5 Å². The van der Waals surface area contributed by atoms with Gasteiger partial charge in [-0.3, -0.25) is 9.78 Å². The van der Waals surface area contributed by atoms with Crippen molar-refractivity contribution in [1.82, 2.24) is 15.3 Å². The summed E-state index contributed by atoms with van der Waals surface area (Å²) in [5, 5.41) is 12.8. The molecule has 164 valence electrons. The summed E-state index contributed by atoms with van der Waals surface area (Å²) in [4.78, 5) is 34.5. The highest BCUT2D eigenvalue weighted by Crippen LogP contribution is 2.17. The van der Waals surface area contributed by atoms with Crippen molar-refractivity contribution in [2.75, 3.05) is 0 Å². The lowest BCUT2D eigenvalue weighted by molar-refractivity contribution is -0.148. The van der Waals surface area contributed by atoms with Crippen molar-refractivity contribution in [3.8, 4) is 0 Å². The fraction of sp³-hybridized carbons (Fsp3) is 0.304. The highest BCUT2D eigenvalue weighted by molar-refractivity contribution is 6.62. The number of fused-ring (bicyclic) bond motifs is 2. The first-order chi connectivity index (χ1) is 15.3. The zero-order chi connectivity index (χ0) is 22.8. The van der Waals surface area contributed by atoms with Gasteiger partial charge in [-0.15, -0.1) is 0 Å². The van der Waals surface area contributed by atoms with E-state index in [1.807, 2.05) is 38.1 Å². The molecule has 0 bridgehead atoms. The second-order valence-corrected chi connectivity index (χ2v) is 8.13. The molecule has 1 aromatic heterocycles. The monoisotopic (exact) mass is 433 g/mol. The molecule has 9 heteroatoms. The van der Waals surface area contributed by atoms with Crippen molar-refractivity contribution >= 4 is 35.5 Å². The van der Waals surface area contributed by atoms with Crippen LogP contribution in [0.3, 0.4) is 0 Å². The zero-order valence-electron chi connectivity index (χ0n) is 18.2. The summed E-state index contributed by atoms with van der Waals surface area (Å²) in [5.74, 6) is -1.16. The molecule has 0 saturated carbocycles. The number of nitrogens with zero attached hydrogens (tertiary/aromatic N) is 2. The van der Waals surface area contributed by atoms with Crippen LogP contribution in [0, 0.1) is 12.8 Å². The van der Waals surface area contributed by atoms with E-state index in [0.717, 1.165) is 11.1 Å². The molecule has 0 saturated heterocycles. The maximum atomic E-state index is 12.9. The quantitative estimate of drug-likeness (QED) is 0.449. The number of para-hydroxylation sites is 2. The lowest BCUT2D eigenvalue weighted by Crippen LogP contribution is -2.46. The Hall–Kier alpha value is -3.30. The average Bonchev–Trinajstić information content (AvgIpc) is 3.17. The van der Waals surface area contributed by atoms with Crippen molar-refractivity contribution in [2.24, 2.45) is 5.92 Å². The van der Waals surface area contributed by atoms with E-state index < -0.39 is 25.0 Å². The third-order valence-corrected chi connectivity index (χ3v) is 5.56. The maximum absolute atomic E-state index is 12.9. The summed E-state index contributed by atoms with van der Waals surface area (Å²) in [7, 11) is -1.05. The fourth-order valence-electron chi connectivity index (χ4n) is 3.77. The molecule has 0 radical (unpaired) electrons. The van der Waals surface area contributed by atoms with Crippen LogP contribution >= 0.6 is 0 Å². The van der Waals surface area contributed by atoms with Gasteiger partial charge < -0.3 is 19.7 Å². The van der Waals surface area contributed by atoms with Crippen molar-refractivity contribution in [3.63, 3.8) is 0 Å². The molecule has 2 heterocycles. The highest BCUT2D eigenvalue weighted by Gasteiger charge is 2.32. The number of carbonyl (C=O) groups is 2. The number of hydrogen-bond donors (Lipinski definition) is 2. The number of benzene rings is 2. The second kappa shape index (κ2) is 9.06. The average molecular weight is 433 g/mol. The first kappa shape index (κ1) is 21.9. The Kier molecular flexibility index (Phi) is 6.20. The molecule has 32 heavy (non-hydrogen) atoms. The molecule has 2 aromatic carbocycles. The number of hydrogen-bond acceptors (Lipinski definition) is 7. The predicted octanol–water partition coefficient (Wildman–Crippen LogP) is 1.65. The molecular weight excluding hydrogens is 409 g/mol. The first-order valence-electron chi connectivity index (χ1n) is 10.5. The Morgan fingerprint density at radius 2 is 1.97 bits per heavy atom. The van der Waals surface area contributed by atoms with Gasteiger partial charge in [0.05, 0.1) is 29.5 Å². The molecule has 1 unspecified atom stereocenters. The van der Waals surface area contributed by atoms with E-state index in [9.17, 15) is 14.6 Å². The third kappa shape index (κ3) is 4.35. The summed E-state index contributed by atoms with van der Waals surface area (Å²) in [6.07, 6.45) is 1.57. The van der Waals surface area contributed by atoms with Gasteiger partial charge in [-0.05, 0) is 47.6 Å². The molecule has 2 N–H and O–H groups in total. The van der Waals surface area contributed by atoms with Gasteiger partial charge in [0, 0.05) is 5.56 Å². The Morgan fingerprint density at radius 3 is 2.72 bits per heavy atom. The number of esters is 1. The topological polar surface area (TPSA) is 111 Å². The van der Waals surface area contributed by atoms with Gasteiger partial charge in [0.2, 0.25) is 0 Å². The lowest BCUT2D eigenvalue weighted by Gasteiger charge is -2.21. The van der Waals surface area contributed by atoms with Crippen LogP contribution < -0.4 is 10.8 Å². The Balaban J connectivity index is 1.45.